The van der Waals surface area contributed by atoms with E-state index in [1.54, 1.807) is 30.3 Å². The molecule has 0 fully saturated rings. The summed E-state index contributed by atoms with van der Waals surface area (Å²) in [6, 6.07) is 1.13. The Morgan fingerprint density at radius 2 is 2.09 bits per heavy atom. The van der Waals surface area contributed by atoms with E-state index in [2.05, 4.69) is 25.4 Å². The highest BCUT2D eigenvalue weighted by atomic mass is 19.1. The molecule has 0 aliphatic rings. The van der Waals surface area contributed by atoms with Crippen molar-refractivity contribution in [2.75, 3.05) is 0 Å². The molecular formula is C15H13FN6O. The number of amides is 1. The third-order valence-electron chi connectivity index (χ3n) is 3.14. The first-order valence-electron chi connectivity index (χ1n) is 6.81. The first-order valence-corrected chi connectivity index (χ1v) is 6.81. The highest BCUT2D eigenvalue weighted by Gasteiger charge is 2.12. The van der Waals surface area contributed by atoms with Gasteiger partial charge in [0.05, 0.1) is 35.9 Å². The SMILES string of the molecule is Cn1cc(-c2nccnc2CNC(=O)c2cncc(F)c2)cn1. The van der Waals surface area contributed by atoms with Crippen LogP contribution in [0, 0.1) is 5.82 Å². The minimum atomic E-state index is -0.562. The summed E-state index contributed by atoms with van der Waals surface area (Å²) in [4.78, 5) is 24.2. The molecule has 116 valence electrons. The number of pyridine rings is 1. The summed E-state index contributed by atoms with van der Waals surface area (Å²) in [6.45, 7) is 0.160. The van der Waals surface area contributed by atoms with Crippen molar-refractivity contribution in [1.29, 1.82) is 0 Å². The zero-order chi connectivity index (χ0) is 16.2. The number of rotatable bonds is 4. The highest BCUT2D eigenvalue weighted by Crippen LogP contribution is 2.18. The zero-order valence-corrected chi connectivity index (χ0v) is 12.3. The van der Waals surface area contributed by atoms with Gasteiger partial charge in [0.2, 0.25) is 0 Å². The van der Waals surface area contributed by atoms with Gasteiger partial charge in [-0.1, -0.05) is 0 Å². The monoisotopic (exact) mass is 312 g/mol. The molecule has 0 saturated carbocycles. The lowest BCUT2D eigenvalue weighted by Crippen LogP contribution is -2.24. The number of hydrogen-bond donors (Lipinski definition) is 1. The van der Waals surface area contributed by atoms with Gasteiger partial charge in [0.1, 0.15) is 5.82 Å². The van der Waals surface area contributed by atoms with Crippen LogP contribution in [0.25, 0.3) is 11.3 Å². The topological polar surface area (TPSA) is 85.6 Å². The van der Waals surface area contributed by atoms with Gasteiger partial charge in [-0.2, -0.15) is 5.10 Å². The average molecular weight is 312 g/mol. The third kappa shape index (κ3) is 3.37. The predicted octanol–water partition coefficient (Wildman–Crippen LogP) is 1.34. The first-order chi connectivity index (χ1) is 11.1. The van der Waals surface area contributed by atoms with Crippen molar-refractivity contribution >= 4 is 5.91 Å². The van der Waals surface area contributed by atoms with Crippen LogP contribution < -0.4 is 5.32 Å². The van der Waals surface area contributed by atoms with Gasteiger partial charge >= 0.3 is 0 Å². The van der Waals surface area contributed by atoms with Crippen LogP contribution in [0.1, 0.15) is 16.1 Å². The maximum atomic E-state index is 13.1. The Kier molecular flexibility index (Phi) is 4.05. The molecule has 3 rings (SSSR count). The number of aromatic nitrogens is 5. The van der Waals surface area contributed by atoms with Crippen molar-refractivity contribution in [2.45, 2.75) is 6.54 Å². The van der Waals surface area contributed by atoms with Gasteiger partial charge in [-0.25, -0.2) is 4.39 Å². The number of nitrogens with one attached hydrogen (secondary N) is 1. The first kappa shape index (κ1) is 14.8. The van der Waals surface area contributed by atoms with Crippen molar-refractivity contribution in [3.8, 4) is 11.3 Å². The van der Waals surface area contributed by atoms with Crippen LogP contribution in [0.4, 0.5) is 4.39 Å². The molecule has 0 bridgehead atoms. The van der Waals surface area contributed by atoms with Crippen molar-refractivity contribution in [3.63, 3.8) is 0 Å². The van der Waals surface area contributed by atoms with E-state index in [-0.39, 0.29) is 12.1 Å². The molecule has 23 heavy (non-hydrogen) atoms. The van der Waals surface area contributed by atoms with E-state index in [1.165, 1.54) is 6.20 Å². The Hall–Kier alpha value is -3.16. The van der Waals surface area contributed by atoms with Crippen LogP contribution >= 0.6 is 0 Å². The average Bonchev–Trinajstić information content (AvgIpc) is 2.99. The van der Waals surface area contributed by atoms with E-state index in [4.69, 9.17) is 0 Å². The van der Waals surface area contributed by atoms with Crippen LogP contribution in [0.3, 0.4) is 0 Å². The Bertz CT molecular complexity index is 847. The maximum Gasteiger partial charge on any atom is 0.253 e. The van der Waals surface area contributed by atoms with E-state index in [9.17, 15) is 9.18 Å². The van der Waals surface area contributed by atoms with Crippen LogP contribution in [0.5, 0.6) is 0 Å². The summed E-state index contributed by atoms with van der Waals surface area (Å²) in [5.74, 6) is -0.993. The van der Waals surface area contributed by atoms with E-state index in [1.807, 2.05) is 6.20 Å². The van der Waals surface area contributed by atoms with Crippen molar-refractivity contribution < 1.29 is 9.18 Å². The maximum absolute atomic E-state index is 13.1. The number of carbonyl (C=O) groups excluding carboxylic acids is 1. The molecule has 0 atom stereocenters. The van der Waals surface area contributed by atoms with E-state index in [0.29, 0.717) is 11.4 Å². The molecule has 0 aliphatic heterocycles. The van der Waals surface area contributed by atoms with Crippen molar-refractivity contribution in [1.82, 2.24) is 30.0 Å². The van der Waals surface area contributed by atoms with Gasteiger partial charge in [-0.15, -0.1) is 0 Å². The summed E-state index contributed by atoms with van der Waals surface area (Å²) in [6.07, 6.45) is 8.95. The summed E-state index contributed by atoms with van der Waals surface area (Å²) in [7, 11) is 1.80. The molecule has 1 amide bonds. The van der Waals surface area contributed by atoms with Crippen LogP contribution in [0.15, 0.2) is 43.2 Å². The Morgan fingerprint density at radius 3 is 2.83 bits per heavy atom. The predicted molar refractivity (Wildman–Crippen MR) is 79.6 cm³/mol. The molecule has 3 heterocycles. The molecule has 3 aromatic rings. The second-order valence-corrected chi connectivity index (χ2v) is 4.83. The summed E-state index contributed by atoms with van der Waals surface area (Å²) in [5, 5.41) is 6.78. The largest absolute Gasteiger partial charge is 0.346 e. The molecule has 7 nitrogen and oxygen atoms in total. The summed E-state index contributed by atoms with van der Waals surface area (Å²) >= 11 is 0. The second kappa shape index (κ2) is 6.30. The number of carbonyl (C=O) groups is 1. The molecule has 0 radical (unpaired) electrons. The number of halogens is 1. The fraction of sp³-hybridized carbons (Fsp3) is 0.133. The lowest BCUT2D eigenvalue weighted by Gasteiger charge is -2.07. The molecule has 0 spiro atoms. The standard InChI is InChI=1S/C15H13FN6O/c1-22-9-11(6-21-22)14-13(18-2-3-19-14)8-20-15(23)10-4-12(16)7-17-5-10/h2-7,9H,8H2,1H3,(H,20,23). The Balaban J connectivity index is 1.77. The number of aryl methyl sites for hydroxylation is 1. The molecule has 1 N–H and O–H groups in total. The van der Waals surface area contributed by atoms with Crippen molar-refractivity contribution in [2.24, 2.45) is 7.05 Å². The normalized spacial score (nSPS) is 10.5. The highest BCUT2D eigenvalue weighted by molar-refractivity contribution is 5.93. The van der Waals surface area contributed by atoms with Gasteiger partial charge in [-0.3, -0.25) is 24.4 Å². The van der Waals surface area contributed by atoms with Gasteiger partial charge in [-0.05, 0) is 6.07 Å². The molecule has 8 heteroatoms. The number of nitrogens with zero attached hydrogens (tertiary/aromatic N) is 5. The van der Waals surface area contributed by atoms with Crippen LogP contribution in [0.2, 0.25) is 0 Å². The lowest BCUT2D eigenvalue weighted by atomic mass is 10.2. The molecular weight excluding hydrogens is 299 g/mol. The quantitative estimate of drug-likeness (QED) is 0.786. The Labute approximate surface area is 131 Å². The molecule has 0 aromatic carbocycles. The molecule has 0 unspecified atom stereocenters. The van der Waals surface area contributed by atoms with Crippen LogP contribution in [-0.4, -0.2) is 30.6 Å². The number of hydrogen-bond acceptors (Lipinski definition) is 5. The summed E-state index contributed by atoms with van der Waals surface area (Å²) in [5.41, 5.74) is 2.19. The van der Waals surface area contributed by atoms with Gasteiger partial charge in [0.15, 0.2) is 0 Å². The smallest absolute Gasteiger partial charge is 0.253 e. The third-order valence-corrected chi connectivity index (χ3v) is 3.14. The van der Waals surface area contributed by atoms with E-state index >= 15 is 0 Å². The second-order valence-electron chi connectivity index (χ2n) is 4.83. The summed E-state index contributed by atoms with van der Waals surface area (Å²) < 4.78 is 14.8. The van der Waals surface area contributed by atoms with E-state index in [0.717, 1.165) is 17.8 Å². The molecule has 0 saturated heterocycles. The van der Waals surface area contributed by atoms with Gasteiger partial charge in [0, 0.05) is 37.4 Å². The van der Waals surface area contributed by atoms with E-state index < -0.39 is 11.7 Å². The van der Waals surface area contributed by atoms with Gasteiger partial charge < -0.3 is 5.32 Å². The fourth-order valence-electron chi connectivity index (χ4n) is 2.08. The van der Waals surface area contributed by atoms with Crippen molar-refractivity contribution in [3.05, 3.63) is 60.3 Å². The molecule has 3 aromatic heterocycles. The molecule has 0 aliphatic carbocycles. The minimum absolute atomic E-state index is 0.150. The van der Waals surface area contributed by atoms with Gasteiger partial charge in [0.25, 0.3) is 5.91 Å². The lowest BCUT2D eigenvalue weighted by molar-refractivity contribution is 0.0949. The van der Waals surface area contributed by atoms with Crippen LogP contribution in [-0.2, 0) is 13.6 Å². The minimum Gasteiger partial charge on any atom is -0.346 e. The Morgan fingerprint density at radius 1 is 1.26 bits per heavy atom. The zero-order valence-electron chi connectivity index (χ0n) is 12.3. The fourth-order valence-corrected chi connectivity index (χ4v) is 2.08.